The Balaban J connectivity index is 1.77. The number of nitrogens with zero attached hydrogens (tertiary/aromatic N) is 2. The second-order valence-electron chi connectivity index (χ2n) is 6.04. The molecular formula is C14H25N3. The largest absolute Gasteiger partial charge is 0.317 e. The molecule has 0 radical (unpaired) electrons. The molecule has 0 atom stereocenters. The molecule has 3 nitrogen and oxygen atoms in total. The highest BCUT2D eigenvalue weighted by Gasteiger charge is 2.44. The summed E-state index contributed by atoms with van der Waals surface area (Å²) in [6, 6.07) is 3.83. The van der Waals surface area contributed by atoms with E-state index in [-0.39, 0.29) is 0 Å². The first-order valence-electron chi connectivity index (χ1n) is 6.93. The molecule has 1 N–H and O–H groups in total. The Bertz CT molecular complexity index is 282. The Morgan fingerprint density at radius 2 is 1.94 bits per heavy atom. The van der Waals surface area contributed by atoms with Crippen LogP contribution in [0.4, 0.5) is 0 Å². The zero-order valence-electron chi connectivity index (χ0n) is 11.2. The summed E-state index contributed by atoms with van der Waals surface area (Å²) in [5, 5.41) is 12.2. The molecule has 0 aliphatic heterocycles. The van der Waals surface area contributed by atoms with Gasteiger partial charge < -0.3 is 10.2 Å². The van der Waals surface area contributed by atoms with Gasteiger partial charge in [-0.25, -0.2) is 0 Å². The van der Waals surface area contributed by atoms with Crippen molar-refractivity contribution in [1.29, 1.82) is 5.26 Å². The van der Waals surface area contributed by atoms with Crippen molar-refractivity contribution in [3.8, 4) is 6.07 Å². The topological polar surface area (TPSA) is 39.1 Å². The van der Waals surface area contributed by atoms with Gasteiger partial charge in [-0.15, -0.1) is 0 Å². The maximum atomic E-state index is 8.85. The van der Waals surface area contributed by atoms with Crippen molar-refractivity contribution in [3.05, 3.63) is 0 Å². The fourth-order valence-corrected chi connectivity index (χ4v) is 3.20. The van der Waals surface area contributed by atoms with Crippen LogP contribution in [-0.4, -0.2) is 37.6 Å². The lowest BCUT2D eigenvalue weighted by atomic mass is 9.89. The van der Waals surface area contributed by atoms with Gasteiger partial charge in [0, 0.05) is 25.0 Å². The van der Waals surface area contributed by atoms with E-state index in [1.807, 2.05) is 0 Å². The summed E-state index contributed by atoms with van der Waals surface area (Å²) in [4.78, 5) is 2.52. The molecule has 0 saturated heterocycles. The van der Waals surface area contributed by atoms with Crippen LogP contribution in [0.1, 0.15) is 44.9 Å². The van der Waals surface area contributed by atoms with Gasteiger partial charge in [0.1, 0.15) is 0 Å². The van der Waals surface area contributed by atoms with Crippen LogP contribution in [0.25, 0.3) is 0 Å². The smallest absolute Gasteiger partial charge is 0.0628 e. The number of rotatable bonds is 5. The van der Waals surface area contributed by atoms with E-state index in [1.165, 1.54) is 38.5 Å². The molecule has 0 unspecified atom stereocenters. The van der Waals surface area contributed by atoms with Crippen LogP contribution in [-0.2, 0) is 0 Å². The van der Waals surface area contributed by atoms with Crippen LogP contribution < -0.4 is 5.32 Å². The van der Waals surface area contributed by atoms with Crippen LogP contribution in [0, 0.1) is 16.7 Å². The average Bonchev–Trinajstić information content (AvgIpc) is 3.09. The molecular weight excluding hydrogens is 210 g/mol. The van der Waals surface area contributed by atoms with E-state index in [1.54, 1.807) is 0 Å². The van der Waals surface area contributed by atoms with E-state index in [9.17, 15) is 0 Å². The molecule has 0 heterocycles. The number of nitrogens with one attached hydrogen (secondary N) is 1. The minimum absolute atomic E-state index is 0.364. The van der Waals surface area contributed by atoms with Gasteiger partial charge in [-0.3, -0.25) is 0 Å². The van der Waals surface area contributed by atoms with Crippen molar-refractivity contribution in [2.24, 2.45) is 5.41 Å². The molecule has 0 amide bonds. The first-order valence-corrected chi connectivity index (χ1v) is 6.93. The summed E-state index contributed by atoms with van der Waals surface area (Å²) in [6.07, 6.45) is 8.50. The molecule has 17 heavy (non-hydrogen) atoms. The Labute approximate surface area is 105 Å². The minimum atomic E-state index is 0.364. The fraction of sp³-hybridized carbons (Fsp3) is 0.929. The van der Waals surface area contributed by atoms with Gasteiger partial charge in [0.05, 0.1) is 6.07 Å². The molecule has 0 bridgehead atoms. The Kier molecular flexibility index (Phi) is 4.06. The predicted molar refractivity (Wildman–Crippen MR) is 69.6 cm³/mol. The summed E-state index contributed by atoms with van der Waals surface area (Å²) in [5.41, 5.74) is 0.364. The Morgan fingerprint density at radius 1 is 1.29 bits per heavy atom. The molecule has 2 aliphatic rings. The van der Waals surface area contributed by atoms with Crippen molar-refractivity contribution in [3.63, 3.8) is 0 Å². The number of hydrogen-bond acceptors (Lipinski definition) is 3. The van der Waals surface area contributed by atoms with Crippen molar-refractivity contribution in [2.45, 2.75) is 57.0 Å². The highest BCUT2D eigenvalue weighted by molar-refractivity contribution is 5.01. The predicted octanol–water partition coefficient (Wildman–Crippen LogP) is 2.14. The number of nitriles is 1. The average molecular weight is 235 g/mol. The fourth-order valence-electron chi connectivity index (χ4n) is 3.20. The molecule has 2 saturated carbocycles. The normalized spacial score (nSPS) is 31.2. The Morgan fingerprint density at radius 3 is 2.41 bits per heavy atom. The lowest BCUT2D eigenvalue weighted by molar-refractivity contribution is 0.149. The highest BCUT2D eigenvalue weighted by atomic mass is 15.1. The van der Waals surface area contributed by atoms with Crippen LogP contribution in [0.5, 0.6) is 0 Å². The summed E-state index contributed by atoms with van der Waals surface area (Å²) >= 11 is 0. The maximum absolute atomic E-state index is 8.85. The zero-order valence-corrected chi connectivity index (χ0v) is 11.2. The first kappa shape index (κ1) is 12.9. The molecule has 2 rings (SSSR count). The highest BCUT2D eigenvalue weighted by Crippen LogP contribution is 2.49. The molecule has 2 fully saturated rings. The van der Waals surface area contributed by atoms with Crippen LogP contribution in [0.2, 0.25) is 0 Å². The lowest BCUT2D eigenvalue weighted by Gasteiger charge is -2.36. The van der Waals surface area contributed by atoms with Gasteiger partial charge in [0.15, 0.2) is 0 Å². The molecule has 2 aliphatic carbocycles. The van der Waals surface area contributed by atoms with E-state index in [2.05, 4.69) is 30.4 Å². The van der Waals surface area contributed by atoms with E-state index in [0.717, 1.165) is 25.0 Å². The Hall–Kier alpha value is -0.590. The van der Waals surface area contributed by atoms with Crippen LogP contribution in [0.3, 0.4) is 0 Å². The molecule has 3 heteroatoms. The summed E-state index contributed by atoms with van der Waals surface area (Å²) in [5.74, 6) is 0. The van der Waals surface area contributed by atoms with E-state index in [0.29, 0.717) is 5.41 Å². The third-order valence-electron chi connectivity index (χ3n) is 4.72. The van der Waals surface area contributed by atoms with Gasteiger partial charge >= 0.3 is 0 Å². The van der Waals surface area contributed by atoms with Gasteiger partial charge in [0.25, 0.3) is 0 Å². The molecule has 0 aromatic carbocycles. The molecule has 0 aromatic rings. The maximum Gasteiger partial charge on any atom is 0.0628 e. The molecule has 0 aromatic heterocycles. The third-order valence-corrected chi connectivity index (χ3v) is 4.72. The second kappa shape index (κ2) is 5.37. The minimum Gasteiger partial charge on any atom is -0.317 e. The van der Waals surface area contributed by atoms with Crippen molar-refractivity contribution in [1.82, 2.24) is 10.2 Å². The summed E-state index contributed by atoms with van der Waals surface area (Å²) in [6.45, 7) is 1.13. The van der Waals surface area contributed by atoms with Gasteiger partial charge in [-0.1, -0.05) is 0 Å². The van der Waals surface area contributed by atoms with Crippen LogP contribution >= 0.6 is 0 Å². The van der Waals surface area contributed by atoms with Gasteiger partial charge in [0.2, 0.25) is 0 Å². The van der Waals surface area contributed by atoms with Crippen molar-refractivity contribution >= 4 is 0 Å². The molecule has 96 valence electrons. The second-order valence-corrected chi connectivity index (χ2v) is 6.04. The van der Waals surface area contributed by atoms with Crippen molar-refractivity contribution < 1.29 is 0 Å². The summed E-state index contributed by atoms with van der Waals surface area (Å²) in [7, 11) is 4.32. The van der Waals surface area contributed by atoms with Crippen molar-refractivity contribution in [2.75, 3.05) is 20.6 Å². The number of hydrogen-bond donors (Lipinski definition) is 1. The van der Waals surface area contributed by atoms with Gasteiger partial charge in [-0.2, -0.15) is 5.26 Å². The zero-order chi connectivity index (χ0) is 12.3. The summed E-state index contributed by atoms with van der Waals surface area (Å²) < 4.78 is 0. The lowest BCUT2D eigenvalue weighted by Crippen LogP contribution is -2.41. The SMILES string of the molecule is CNC1CCC(N(C)CC2(CC#N)CC2)CC1. The third kappa shape index (κ3) is 3.20. The standard InChI is InChI=1S/C14H25N3/c1-16-12-3-5-13(6-4-12)17(2)11-14(7-8-14)9-10-15/h12-13,16H,3-9,11H2,1-2H3. The molecule has 0 spiro atoms. The van der Waals surface area contributed by atoms with E-state index >= 15 is 0 Å². The first-order chi connectivity index (χ1) is 8.19. The van der Waals surface area contributed by atoms with Gasteiger partial charge in [-0.05, 0) is 58.0 Å². The van der Waals surface area contributed by atoms with E-state index in [4.69, 9.17) is 5.26 Å². The quantitative estimate of drug-likeness (QED) is 0.793. The van der Waals surface area contributed by atoms with Crippen LogP contribution in [0.15, 0.2) is 0 Å². The monoisotopic (exact) mass is 235 g/mol. The van der Waals surface area contributed by atoms with E-state index < -0.39 is 0 Å².